The van der Waals surface area contributed by atoms with E-state index in [2.05, 4.69) is 15.3 Å². The molecule has 0 spiro atoms. The molecule has 0 saturated carbocycles. The molecule has 7 heteroatoms. The maximum absolute atomic E-state index is 11.5. The van der Waals surface area contributed by atoms with Gasteiger partial charge in [0.2, 0.25) is 5.91 Å². The highest BCUT2D eigenvalue weighted by molar-refractivity contribution is 5.91. The number of hydrogen-bond acceptors (Lipinski definition) is 5. The van der Waals surface area contributed by atoms with Crippen molar-refractivity contribution < 1.29 is 9.59 Å². The van der Waals surface area contributed by atoms with E-state index in [0.717, 1.165) is 38.3 Å². The fraction of sp³-hybridized carbons (Fsp3) is 0.500. The first-order valence-electron chi connectivity index (χ1n) is 7.05. The molecule has 0 unspecified atom stereocenters. The molecule has 0 bridgehead atoms. The van der Waals surface area contributed by atoms with Crippen LogP contribution in [0.25, 0.3) is 0 Å². The second-order valence-corrected chi connectivity index (χ2v) is 5.12. The number of amides is 2. The van der Waals surface area contributed by atoms with Crippen molar-refractivity contribution in [1.82, 2.24) is 20.2 Å². The summed E-state index contributed by atoms with van der Waals surface area (Å²) in [4.78, 5) is 31.3. The van der Waals surface area contributed by atoms with Crippen LogP contribution in [-0.4, -0.2) is 52.8 Å². The van der Waals surface area contributed by atoms with Gasteiger partial charge in [-0.15, -0.1) is 0 Å². The van der Waals surface area contributed by atoms with Gasteiger partial charge in [-0.2, -0.15) is 0 Å². The summed E-state index contributed by atoms with van der Waals surface area (Å²) in [5.41, 5.74) is 3.22. The smallest absolute Gasteiger partial charge is 0.283 e. The normalized spacial score (nSPS) is 16.4. The average Bonchev–Trinajstić information content (AvgIpc) is 2.72. The molecule has 7 nitrogen and oxygen atoms in total. The number of hydrazine groups is 1. The van der Waals surface area contributed by atoms with Gasteiger partial charge in [0.05, 0.1) is 5.69 Å². The largest absolute Gasteiger partial charge is 0.342 e. The number of nitrogen functional groups attached to an aromatic ring is 1. The lowest BCUT2D eigenvalue weighted by Gasteiger charge is -2.20. The van der Waals surface area contributed by atoms with E-state index in [9.17, 15) is 9.59 Å². The molecule has 1 aliphatic rings. The molecule has 1 fully saturated rings. The van der Waals surface area contributed by atoms with Gasteiger partial charge in [-0.25, -0.2) is 10.8 Å². The highest BCUT2D eigenvalue weighted by Gasteiger charge is 2.17. The van der Waals surface area contributed by atoms with Crippen molar-refractivity contribution in [3.8, 4) is 0 Å². The summed E-state index contributed by atoms with van der Waals surface area (Å²) in [5.74, 6) is 4.84. The molecule has 2 amide bonds. The highest BCUT2D eigenvalue weighted by atomic mass is 16.2. The fourth-order valence-corrected chi connectivity index (χ4v) is 2.44. The van der Waals surface area contributed by atoms with E-state index < -0.39 is 5.91 Å². The molecule has 2 heterocycles. The lowest BCUT2D eigenvalue weighted by Crippen LogP contribution is -2.33. The van der Waals surface area contributed by atoms with E-state index in [-0.39, 0.29) is 5.91 Å². The van der Waals surface area contributed by atoms with Crippen molar-refractivity contribution in [3.05, 3.63) is 29.6 Å². The van der Waals surface area contributed by atoms with Crippen molar-refractivity contribution in [1.29, 1.82) is 0 Å². The minimum Gasteiger partial charge on any atom is -0.342 e. The van der Waals surface area contributed by atoms with E-state index in [0.29, 0.717) is 12.2 Å². The summed E-state index contributed by atoms with van der Waals surface area (Å²) in [6, 6.07) is 5.32. The predicted octanol–water partition coefficient (Wildman–Crippen LogP) is -0.261. The third kappa shape index (κ3) is 4.24. The van der Waals surface area contributed by atoms with Crippen LogP contribution in [-0.2, 0) is 11.3 Å². The quantitative estimate of drug-likeness (QED) is 0.455. The van der Waals surface area contributed by atoms with E-state index in [4.69, 9.17) is 5.84 Å². The van der Waals surface area contributed by atoms with Gasteiger partial charge < -0.3 is 4.90 Å². The van der Waals surface area contributed by atoms with Crippen LogP contribution in [0.3, 0.4) is 0 Å². The molecule has 2 rings (SSSR count). The highest BCUT2D eigenvalue weighted by Crippen LogP contribution is 2.08. The van der Waals surface area contributed by atoms with Gasteiger partial charge in [-0.05, 0) is 18.6 Å². The molecule has 1 aliphatic heterocycles. The van der Waals surface area contributed by atoms with Crippen molar-refractivity contribution in [3.63, 3.8) is 0 Å². The first-order valence-corrected chi connectivity index (χ1v) is 7.05. The second kappa shape index (κ2) is 7.14. The van der Waals surface area contributed by atoms with Gasteiger partial charge in [-0.3, -0.25) is 19.9 Å². The van der Waals surface area contributed by atoms with Gasteiger partial charge in [0.15, 0.2) is 0 Å². The molecule has 0 aliphatic carbocycles. The summed E-state index contributed by atoms with van der Waals surface area (Å²) in [5, 5.41) is 0. The molecule has 1 saturated heterocycles. The van der Waals surface area contributed by atoms with Crippen LogP contribution in [0.1, 0.15) is 29.5 Å². The van der Waals surface area contributed by atoms with E-state index in [1.807, 2.05) is 11.0 Å². The van der Waals surface area contributed by atoms with Crippen LogP contribution in [0.2, 0.25) is 0 Å². The van der Waals surface area contributed by atoms with Gasteiger partial charge in [-0.1, -0.05) is 6.07 Å². The van der Waals surface area contributed by atoms with Gasteiger partial charge in [0.1, 0.15) is 5.69 Å². The van der Waals surface area contributed by atoms with E-state index >= 15 is 0 Å². The van der Waals surface area contributed by atoms with Crippen molar-refractivity contribution in [2.75, 3.05) is 26.2 Å². The number of carbonyl (C=O) groups is 2. The number of nitrogens with one attached hydrogen (secondary N) is 1. The van der Waals surface area contributed by atoms with Crippen LogP contribution >= 0.6 is 0 Å². The Kier molecular flexibility index (Phi) is 5.24. The molecule has 114 valence electrons. The molecule has 1 aromatic rings. The lowest BCUT2D eigenvalue weighted by molar-refractivity contribution is -0.128. The Hall–Kier alpha value is -1.99. The molecule has 1 aromatic heterocycles. The summed E-state index contributed by atoms with van der Waals surface area (Å²) < 4.78 is 0. The molecule has 3 N–H and O–H groups in total. The number of rotatable bonds is 3. The van der Waals surface area contributed by atoms with Crippen LogP contribution in [0.5, 0.6) is 0 Å². The number of nitrogens with zero attached hydrogens (tertiary/aromatic N) is 3. The molecule has 21 heavy (non-hydrogen) atoms. The van der Waals surface area contributed by atoms with Crippen molar-refractivity contribution in [2.45, 2.75) is 19.9 Å². The second-order valence-electron chi connectivity index (χ2n) is 5.12. The Balaban J connectivity index is 1.98. The monoisotopic (exact) mass is 291 g/mol. The van der Waals surface area contributed by atoms with E-state index in [1.165, 1.54) is 0 Å². The van der Waals surface area contributed by atoms with Gasteiger partial charge in [0.25, 0.3) is 5.91 Å². The molecular weight excluding hydrogens is 270 g/mol. The average molecular weight is 291 g/mol. The number of pyridine rings is 1. The molecule has 0 aromatic carbocycles. The zero-order valence-corrected chi connectivity index (χ0v) is 12.2. The van der Waals surface area contributed by atoms with Crippen LogP contribution in [0, 0.1) is 0 Å². The predicted molar refractivity (Wildman–Crippen MR) is 78.0 cm³/mol. The first kappa shape index (κ1) is 15.4. The molecule has 0 radical (unpaired) electrons. The first-order chi connectivity index (χ1) is 10.1. The minimum absolute atomic E-state index is 0.122. The minimum atomic E-state index is -0.393. The van der Waals surface area contributed by atoms with Crippen molar-refractivity contribution in [2.24, 2.45) is 5.84 Å². The summed E-state index contributed by atoms with van der Waals surface area (Å²) in [6.07, 6.45) is 0.947. The Morgan fingerprint density at radius 1 is 1.29 bits per heavy atom. The topological polar surface area (TPSA) is 91.6 Å². The van der Waals surface area contributed by atoms with Crippen molar-refractivity contribution >= 4 is 11.8 Å². The number of nitrogens with two attached hydrogens (primary N) is 1. The Bertz CT molecular complexity index is 520. The zero-order valence-electron chi connectivity index (χ0n) is 12.2. The third-order valence-corrected chi connectivity index (χ3v) is 3.59. The summed E-state index contributed by atoms with van der Waals surface area (Å²) >= 11 is 0. The van der Waals surface area contributed by atoms with Gasteiger partial charge >= 0.3 is 0 Å². The fourth-order valence-electron chi connectivity index (χ4n) is 2.44. The van der Waals surface area contributed by atoms with E-state index in [1.54, 1.807) is 19.1 Å². The maximum atomic E-state index is 11.5. The SMILES string of the molecule is CC(=O)N1CCCN(Cc2cccc(C(=O)NN)n2)CC1. The third-order valence-electron chi connectivity index (χ3n) is 3.59. The lowest BCUT2D eigenvalue weighted by atomic mass is 10.2. The standard InChI is InChI=1S/C14H21N5O2/c1-11(20)19-7-3-6-18(8-9-19)10-12-4-2-5-13(16-12)14(21)17-15/h2,4-5H,3,6-10,15H2,1H3,(H,17,21). The number of carbonyl (C=O) groups excluding carboxylic acids is 2. The Morgan fingerprint density at radius 3 is 2.81 bits per heavy atom. The van der Waals surface area contributed by atoms with Gasteiger partial charge in [0, 0.05) is 39.6 Å². The number of hydrogen-bond donors (Lipinski definition) is 2. The number of aromatic nitrogens is 1. The Morgan fingerprint density at radius 2 is 2.10 bits per heavy atom. The maximum Gasteiger partial charge on any atom is 0.283 e. The van der Waals surface area contributed by atoms with Crippen LogP contribution in [0.4, 0.5) is 0 Å². The Labute approximate surface area is 124 Å². The molecular formula is C14H21N5O2. The molecule has 0 atom stereocenters. The van der Waals surface area contributed by atoms with Crippen LogP contribution < -0.4 is 11.3 Å². The van der Waals surface area contributed by atoms with Crippen LogP contribution in [0.15, 0.2) is 18.2 Å². The summed E-state index contributed by atoms with van der Waals surface area (Å²) in [7, 11) is 0. The summed E-state index contributed by atoms with van der Waals surface area (Å²) in [6.45, 7) is 5.53. The zero-order chi connectivity index (χ0) is 15.2.